The Hall–Kier alpha value is -2.73. The van der Waals surface area contributed by atoms with E-state index in [-0.39, 0.29) is 5.91 Å². The molecule has 6 heteroatoms. The Morgan fingerprint density at radius 2 is 1.81 bits per heavy atom. The summed E-state index contributed by atoms with van der Waals surface area (Å²) in [5, 5.41) is 0.705. The third kappa shape index (κ3) is 2.86. The lowest BCUT2D eigenvalue weighted by Crippen LogP contribution is -2.47. The Morgan fingerprint density at radius 1 is 1.04 bits per heavy atom. The molecule has 134 valence electrons. The number of carbonyl (C=O) groups is 1. The number of rotatable bonds is 2. The number of amides is 1. The van der Waals surface area contributed by atoms with Crippen LogP contribution in [0.4, 0.5) is 8.78 Å². The lowest BCUT2D eigenvalue weighted by molar-refractivity contribution is 0.0665. The van der Waals surface area contributed by atoms with E-state index < -0.39 is 11.6 Å². The standard InChI is InChI=1S/C20H18F2N2O2/c1-23-7-9-24(10-8-23)20(25)15-4-2-3-14-16(12-26-19(14)15)13-5-6-17(21)18(22)11-13/h2-6,11-12H,7-10H2,1H3. The summed E-state index contributed by atoms with van der Waals surface area (Å²) in [6.45, 7) is 3.00. The highest BCUT2D eigenvalue weighted by Gasteiger charge is 2.24. The van der Waals surface area contributed by atoms with E-state index in [1.165, 1.54) is 12.3 Å². The first-order valence-corrected chi connectivity index (χ1v) is 8.48. The zero-order chi connectivity index (χ0) is 18.3. The van der Waals surface area contributed by atoms with Crippen LogP contribution in [0.1, 0.15) is 10.4 Å². The van der Waals surface area contributed by atoms with Crippen molar-refractivity contribution >= 4 is 16.9 Å². The molecule has 26 heavy (non-hydrogen) atoms. The van der Waals surface area contributed by atoms with Crippen LogP contribution >= 0.6 is 0 Å². The van der Waals surface area contributed by atoms with E-state index in [1.807, 2.05) is 18.0 Å². The van der Waals surface area contributed by atoms with Crippen molar-refractivity contribution in [2.75, 3.05) is 33.2 Å². The molecule has 4 rings (SSSR count). The van der Waals surface area contributed by atoms with E-state index >= 15 is 0 Å². The Bertz CT molecular complexity index is 975. The Morgan fingerprint density at radius 3 is 2.54 bits per heavy atom. The Balaban J connectivity index is 1.73. The zero-order valence-electron chi connectivity index (χ0n) is 14.3. The van der Waals surface area contributed by atoms with Gasteiger partial charge in [-0.25, -0.2) is 8.78 Å². The zero-order valence-corrected chi connectivity index (χ0v) is 14.3. The summed E-state index contributed by atoms with van der Waals surface area (Å²) in [6.07, 6.45) is 1.48. The van der Waals surface area contributed by atoms with E-state index in [4.69, 9.17) is 4.42 Å². The minimum absolute atomic E-state index is 0.0742. The summed E-state index contributed by atoms with van der Waals surface area (Å²) in [5.74, 6) is -1.89. The van der Waals surface area contributed by atoms with Crippen molar-refractivity contribution in [3.8, 4) is 11.1 Å². The van der Waals surface area contributed by atoms with E-state index in [0.29, 0.717) is 40.7 Å². The molecular formula is C20H18F2N2O2. The summed E-state index contributed by atoms with van der Waals surface area (Å²) in [5.41, 5.74) is 2.09. The van der Waals surface area contributed by atoms with E-state index in [1.54, 1.807) is 12.1 Å². The van der Waals surface area contributed by atoms with Crippen LogP contribution in [-0.4, -0.2) is 48.9 Å². The molecular weight excluding hydrogens is 338 g/mol. The van der Waals surface area contributed by atoms with Gasteiger partial charge in [0.15, 0.2) is 11.6 Å². The van der Waals surface area contributed by atoms with Crippen molar-refractivity contribution in [3.05, 3.63) is 59.9 Å². The molecule has 0 atom stereocenters. The number of benzene rings is 2. The molecule has 1 amide bonds. The number of halogens is 2. The topological polar surface area (TPSA) is 36.7 Å². The van der Waals surface area contributed by atoms with Crippen LogP contribution in [0, 0.1) is 11.6 Å². The summed E-state index contributed by atoms with van der Waals surface area (Å²) < 4.78 is 32.5. The SMILES string of the molecule is CN1CCN(C(=O)c2cccc3c(-c4ccc(F)c(F)c4)coc23)CC1. The van der Waals surface area contributed by atoms with Crippen molar-refractivity contribution in [2.45, 2.75) is 0 Å². The number of furan rings is 1. The molecule has 1 aliphatic heterocycles. The van der Waals surface area contributed by atoms with Gasteiger partial charge in [0.1, 0.15) is 5.58 Å². The van der Waals surface area contributed by atoms with Crippen molar-refractivity contribution in [2.24, 2.45) is 0 Å². The smallest absolute Gasteiger partial charge is 0.257 e. The van der Waals surface area contributed by atoms with Gasteiger partial charge in [-0.3, -0.25) is 4.79 Å². The fraction of sp³-hybridized carbons (Fsp3) is 0.250. The predicted octanol–water partition coefficient (Wildman–Crippen LogP) is 3.77. The highest BCUT2D eigenvalue weighted by atomic mass is 19.2. The van der Waals surface area contributed by atoms with Gasteiger partial charge in [0, 0.05) is 37.1 Å². The molecule has 0 radical (unpaired) electrons. The largest absolute Gasteiger partial charge is 0.463 e. The Kier molecular flexibility index (Phi) is 4.20. The van der Waals surface area contributed by atoms with Crippen LogP contribution in [0.15, 0.2) is 47.1 Å². The normalized spacial score (nSPS) is 15.6. The molecule has 1 fully saturated rings. The van der Waals surface area contributed by atoms with Crippen LogP contribution < -0.4 is 0 Å². The number of nitrogens with zero attached hydrogens (tertiary/aromatic N) is 2. The average Bonchev–Trinajstić information content (AvgIpc) is 3.08. The molecule has 1 aliphatic rings. The first kappa shape index (κ1) is 16.7. The Labute approximate surface area is 149 Å². The second-order valence-electron chi connectivity index (χ2n) is 6.56. The van der Waals surface area contributed by atoms with Gasteiger partial charge in [0.05, 0.1) is 11.8 Å². The first-order valence-electron chi connectivity index (χ1n) is 8.48. The van der Waals surface area contributed by atoms with Gasteiger partial charge in [0.2, 0.25) is 0 Å². The van der Waals surface area contributed by atoms with Crippen LogP contribution in [0.3, 0.4) is 0 Å². The van der Waals surface area contributed by atoms with Gasteiger partial charge in [-0.1, -0.05) is 18.2 Å². The maximum atomic E-state index is 13.6. The molecule has 3 aromatic rings. The molecule has 1 aromatic heterocycles. The maximum absolute atomic E-state index is 13.6. The fourth-order valence-electron chi connectivity index (χ4n) is 3.29. The molecule has 0 saturated carbocycles. The van der Waals surface area contributed by atoms with Gasteiger partial charge in [-0.2, -0.15) is 0 Å². The van der Waals surface area contributed by atoms with Crippen LogP contribution in [0.5, 0.6) is 0 Å². The minimum Gasteiger partial charge on any atom is -0.463 e. The second-order valence-corrected chi connectivity index (χ2v) is 6.56. The van der Waals surface area contributed by atoms with Gasteiger partial charge in [-0.15, -0.1) is 0 Å². The van der Waals surface area contributed by atoms with Gasteiger partial charge in [-0.05, 0) is 30.8 Å². The highest BCUT2D eigenvalue weighted by molar-refractivity contribution is 6.08. The van der Waals surface area contributed by atoms with Crippen LogP contribution in [0.25, 0.3) is 22.1 Å². The molecule has 2 aromatic carbocycles. The van der Waals surface area contributed by atoms with Gasteiger partial charge in [0.25, 0.3) is 5.91 Å². The first-order chi connectivity index (χ1) is 12.5. The number of piperazine rings is 1. The summed E-state index contributed by atoms with van der Waals surface area (Å²) in [7, 11) is 2.03. The third-order valence-electron chi connectivity index (χ3n) is 4.85. The third-order valence-corrected chi connectivity index (χ3v) is 4.85. The van der Waals surface area contributed by atoms with Crippen LogP contribution in [0.2, 0.25) is 0 Å². The molecule has 2 heterocycles. The number of fused-ring (bicyclic) bond motifs is 1. The van der Waals surface area contributed by atoms with Crippen LogP contribution in [-0.2, 0) is 0 Å². The summed E-state index contributed by atoms with van der Waals surface area (Å²) >= 11 is 0. The number of hydrogen-bond acceptors (Lipinski definition) is 3. The lowest BCUT2D eigenvalue weighted by Gasteiger charge is -2.32. The lowest BCUT2D eigenvalue weighted by atomic mass is 10.0. The molecule has 0 N–H and O–H groups in total. The molecule has 1 saturated heterocycles. The summed E-state index contributed by atoms with van der Waals surface area (Å²) in [4.78, 5) is 16.9. The minimum atomic E-state index is -0.915. The monoisotopic (exact) mass is 356 g/mol. The van der Waals surface area contributed by atoms with Crippen molar-refractivity contribution in [1.82, 2.24) is 9.80 Å². The van der Waals surface area contributed by atoms with Gasteiger partial charge < -0.3 is 14.2 Å². The maximum Gasteiger partial charge on any atom is 0.257 e. The molecule has 0 bridgehead atoms. The van der Waals surface area contributed by atoms with Crippen molar-refractivity contribution < 1.29 is 18.0 Å². The predicted molar refractivity (Wildman–Crippen MR) is 95.0 cm³/mol. The average molecular weight is 356 g/mol. The molecule has 0 spiro atoms. The van der Waals surface area contributed by atoms with E-state index in [0.717, 1.165) is 25.2 Å². The second kappa shape index (κ2) is 6.53. The number of para-hydroxylation sites is 1. The molecule has 0 aliphatic carbocycles. The number of hydrogen-bond donors (Lipinski definition) is 0. The molecule has 0 unspecified atom stereocenters. The highest BCUT2D eigenvalue weighted by Crippen LogP contribution is 2.33. The fourth-order valence-corrected chi connectivity index (χ4v) is 3.29. The van der Waals surface area contributed by atoms with E-state index in [9.17, 15) is 13.6 Å². The number of carbonyl (C=O) groups excluding carboxylic acids is 1. The summed E-state index contributed by atoms with van der Waals surface area (Å²) in [6, 6.07) is 9.05. The van der Waals surface area contributed by atoms with Crippen molar-refractivity contribution in [1.29, 1.82) is 0 Å². The van der Waals surface area contributed by atoms with Crippen molar-refractivity contribution in [3.63, 3.8) is 0 Å². The number of likely N-dealkylation sites (N-methyl/N-ethyl adjacent to an activating group) is 1. The van der Waals surface area contributed by atoms with Gasteiger partial charge >= 0.3 is 0 Å². The van der Waals surface area contributed by atoms with E-state index in [2.05, 4.69) is 4.90 Å². The quantitative estimate of drug-likeness (QED) is 0.701. The molecule has 4 nitrogen and oxygen atoms in total.